The number of benzene rings is 13. The molecule has 2 aliphatic rings. The number of aromatic nitrogens is 2. The average Bonchev–Trinajstić information content (AvgIpc) is 1.04. The van der Waals surface area contributed by atoms with Crippen LogP contribution in [0.1, 0.15) is 184 Å². The Hall–Kier alpha value is -10.9. The first kappa shape index (κ1) is 73.0. The lowest BCUT2D eigenvalue weighted by Gasteiger charge is -2.46. The molecule has 554 valence electrons. The molecule has 4 nitrogen and oxygen atoms in total. The van der Waals surface area contributed by atoms with Gasteiger partial charge in [-0.25, -0.2) is 0 Å². The van der Waals surface area contributed by atoms with Gasteiger partial charge in [-0.2, -0.15) is 0 Å². The average molecular weight is 1450 g/mol. The van der Waals surface area contributed by atoms with Crippen LogP contribution in [-0.2, 0) is 37.9 Å². The minimum absolute atomic E-state index is 0.0554. The van der Waals surface area contributed by atoms with Crippen molar-refractivity contribution in [1.29, 1.82) is 0 Å². The fraction of sp³-hybridized carbons (Fsp3) is 0.264. The Kier molecular flexibility index (Phi) is 17.0. The van der Waals surface area contributed by atoms with Crippen LogP contribution in [0.15, 0.2) is 267 Å². The smallest absolute Gasteiger partial charge is 0.252 e. The highest BCUT2D eigenvalue weighted by molar-refractivity contribution is 7.00. The zero-order valence-electron chi connectivity index (χ0n) is 69.3. The third-order valence-electron chi connectivity index (χ3n) is 24.2. The van der Waals surface area contributed by atoms with E-state index in [-0.39, 0.29) is 44.6 Å². The van der Waals surface area contributed by atoms with Gasteiger partial charge in [0.25, 0.3) is 6.71 Å². The van der Waals surface area contributed by atoms with E-state index in [1.165, 1.54) is 121 Å². The largest absolute Gasteiger partial charge is 0.311 e. The van der Waals surface area contributed by atoms with E-state index in [0.717, 1.165) is 67.5 Å². The Labute approximate surface area is 660 Å². The van der Waals surface area contributed by atoms with Crippen LogP contribution < -0.4 is 26.2 Å². The molecule has 0 aliphatic carbocycles. The maximum Gasteiger partial charge on any atom is 0.252 e. The number of hydrogen-bond acceptors (Lipinski definition) is 2. The van der Waals surface area contributed by atoms with Gasteiger partial charge in [0.15, 0.2) is 0 Å². The molecule has 0 saturated carbocycles. The number of anilines is 6. The maximum absolute atomic E-state index is 2.71. The summed E-state index contributed by atoms with van der Waals surface area (Å²) in [5, 5.41) is 5.07. The first-order valence-electron chi connectivity index (χ1n) is 40.3. The normalized spacial score (nSPS) is 13.6. The molecule has 0 radical (unpaired) electrons. The zero-order chi connectivity index (χ0) is 78.1. The molecule has 0 amide bonds. The van der Waals surface area contributed by atoms with Gasteiger partial charge in [0.2, 0.25) is 0 Å². The Balaban J connectivity index is 1.03. The second kappa shape index (κ2) is 25.9. The molecule has 0 fully saturated rings. The molecule has 5 heteroatoms. The number of fused-ring (bicyclic) bond motifs is 10. The zero-order valence-corrected chi connectivity index (χ0v) is 69.3. The molecule has 17 rings (SSSR count). The van der Waals surface area contributed by atoms with Gasteiger partial charge < -0.3 is 18.9 Å². The van der Waals surface area contributed by atoms with Crippen LogP contribution in [-0.4, -0.2) is 15.8 Å². The molecule has 2 aliphatic heterocycles. The second-order valence-electron chi connectivity index (χ2n) is 39.2. The van der Waals surface area contributed by atoms with E-state index in [1.807, 2.05) is 0 Å². The van der Waals surface area contributed by atoms with Gasteiger partial charge in [-0.1, -0.05) is 315 Å². The van der Waals surface area contributed by atoms with E-state index in [4.69, 9.17) is 0 Å². The topological polar surface area (TPSA) is 16.3 Å². The molecule has 15 aromatic rings. The monoisotopic (exact) mass is 1450 g/mol. The summed E-state index contributed by atoms with van der Waals surface area (Å²) in [5.74, 6) is 0. The summed E-state index contributed by atoms with van der Waals surface area (Å²) in [5.41, 5.74) is 35.4. The summed E-state index contributed by atoms with van der Waals surface area (Å²) < 4.78 is 5.14. The molecule has 0 spiro atoms. The maximum atomic E-state index is 2.71. The van der Waals surface area contributed by atoms with Gasteiger partial charge in [0.1, 0.15) is 0 Å². The van der Waals surface area contributed by atoms with Crippen LogP contribution in [0.2, 0.25) is 0 Å². The van der Waals surface area contributed by atoms with Gasteiger partial charge in [0.05, 0.1) is 33.4 Å². The van der Waals surface area contributed by atoms with Crippen molar-refractivity contribution >= 4 is 101 Å². The molecule has 0 bridgehead atoms. The van der Waals surface area contributed by atoms with Crippen LogP contribution in [0.3, 0.4) is 0 Å². The minimum atomic E-state index is -0.320. The molecule has 0 atom stereocenters. The van der Waals surface area contributed by atoms with E-state index in [0.29, 0.717) is 0 Å². The minimum Gasteiger partial charge on any atom is -0.311 e. The van der Waals surface area contributed by atoms with Crippen molar-refractivity contribution in [3.8, 4) is 55.9 Å². The molecule has 0 N–H and O–H groups in total. The van der Waals surface area contributed by atoms with Crippen molar-refractivity contribution in [2.24, 2.45) is 0 Å². The first-order valence-corrected chi connectivity index (χ1v) is 40.3. The fourth-order valence-corrected chi connectivity index (χ4v) is 17.5. The summed E-state index contributed by atoms with van der Waals surface area (Å²) in [6.45, 7) is 49.0. The van der Waals surface area contributed by atoms with Crippen molar-refractivity contribution in [3.05, 3.63) is 306 Å². The van der Waals surface area contributed by atoms with Gasteiger partial charge in [-0.3, -0.25) is 0 Å². The standard InChI is InChI=1S/C106H107BN4/c1-100(2,3)72-36-28-34-68(54-72)70-38-46-81(66-30-24-22-25-31-66)93(56-70)110-95-64-79(108-89-50-40-74(102(7,8)9)58-83(89)84-59-75(103(10,11)12)41-51-90(84)108)44-48-87(95)107-88-49-45-80(109-91-52-42-76(104(13,14)15)60-85(91)86-61-77(105(16,17)18)43-53-92(86)109)65-96(88)111(98-63-78(106(19,20)21)62-97(110)99(98)107)94-57-71(39-47-82(94)67-32-26-23-27-33-67)69-35-29-37-73(55-69)101(4,5)6/h22-65H,1-21H3. The summed E-state index contributed by atoms with van der Waals surface area (Å²) >= 11 is 0. The summed E-state index contributed by atoms with van der Waals surface area (Å²) in [4.78, 5) is 5.43. The van der Waals surface area contributed by atoms with Crippen LogP contribution in [0.4, 0.5) is 34.1 Å². The number of rotatable bonds is 8. The lowest BCUT2D eigenvalue weighted by atomic mass is 9.33. The molecule has 0 saturated heterocycles. The summed E-state index contributed by atoms with van der Waals surface area (Å²) in [6, 6.07) is 105. The first-order chi connectivity index (χ1) is 52.4. The van der Waals surface area contributed by atoms with E-state index in [9.17, 15) is 0 Å². The third-order valence-corrected chi connectivity index (χ3v) is 24.2. The van der Waals surface area contributed by atoms with Gasteiger partial charge in [0, 0.05) is 66.8 Å². The molecule has 0 unspecified atom stereocenters. The predicted molar refractivity (Wildman–Crippen MR) is 482 cm³/mol. The molecule has 13 aromatic carbocycles. The predicted octanol–water partition coefficient (Wildman–Crippen LogP) is 27.7. The third kappa shape index (κ3) is 12.7. The second-order valence-corrected chi connectivity index (χ2v) is 39.2. The van der Waals surface area contributed by atoms with Crippen LogP contribution in [0, 0.1) is 0 Å². The Morgan fingerprint density at radius 2 is 0.505 bits per heavy atom. The highest BCUT2D eigenvalue weighted by Crippen LogP contribution is 2.53. The molecule has 4 heterocycles. The van der Waals surface area contributed by atoms with Crippen molar-refractivity contribution in [1.82, 2.24) is 9.13 Å². The lowest BCUT2D eigenvalue weighted by Crippen LogP contribution is -2.61. The lowest BCUT2D eigenvalue weighted by molar-refractivity contribution is 0.590. The number of hydrogen-bond donors (Lipinski definition) is 0. The molecule has 111 heavy (non-hydrogen) atoms. The van der Waals surface area contributed by atoms with E-state index >= 15 is 0 Å². The Morgan fingerprint density at radius 1 is 0.207 bits per heavy atom. The van der Waals surface area contributed by atoms with Crippen molar-refractivity contribution in [3.63, 3.8) is 0 Å². The molecule has 2 aromatic heterocycles. The summed E-state index contributed by atoms with van der Waals surface area (Å²) in [7, 11) is 0. The van der Waals surface area contributed by atoms with Gasteiger partial charge in [-0.15, -0.1) is 0 Å². The van der Waals surface area contributed by atoms with Gasteiger partial charge >= 0.3 is 0 Å². The Morgan fingerprint density at radius 3 is 0.820 bits per heavy atom. The highest BCUT2D eigenvalue weighted by Gasteiger charge is 2.46. The van der Waals surface area contributed by atoms with Crippen molar-refractivity contribution in [2.75, 3.05) is 9.80 Å². The molecular formula is C106H107BN4. The van der Waals surface area contributed by atoms with Crippen molar-refractivity contribution < 1.29 is 0 Å². The van der Waals surface area contributed by atoms with Crippen molar-refractivity contribution in [2.45, 2.75) is 183 Å². The summed E-state index contributed by atoms with van der Waals surface area (Å²) in [6.07, 6.45) is 0. The Bertz CT molecular complexity index is 5730. The van der Waals surface area contributed by atoms with E-state index < -0.39 is 0 Å². The SMILES string of the molecule is CC(C)(C)c1cccc(-c2ccc(-c3ccccc3)c(N3c4cc(-n5c6ccc(C(C)(C)C)cc6c6cc(C(C)(C)C)ccc65)ccc4B4c5ccc(-n6c7ccc(C(C)(C)C)cc7c7cc(C(C)(C)C)ccc76)cc5N(c5cc(-c6cccc(C(C)(C)C)c6)ccc5-c5ccccc5)c5cc(C(C)(C)C)cc3c54)c2)c1. The van der Waals surface area contributed by atoms with Crippen LogP contribution in [0.25, 0.3) is 99.5 Å². The van der Waals surface area contributed by atoms with Crippen LogP contribution in [0.5, 0.6) is 0 Å². The van der Waals surface area contributed by atoms with Crippen LogP contribution >= 0.6 is 0 Å². The van der Waals surface area contributed by atoms with Gasteiger partial charge in [-0.05, 0) is 224 Å². The van der Waals surface area contributed by atoms with E-state index in [1.54, 1.807) is 0 Å². The highest BCUT2D eigenvalue weighted by atomic mass is 15.2. The quantitative estimate of drug-likeness (QED) is 0.141. The van der Waals surface area contributed by atoms with E-state index in [2.05, 4.69) is 431 Å². The number of nitrogens with zero attached hydrogens (tertiary/aromatic N) is 4. The molecular weight excluding hydrogens is 1340 g/mol. The fourth-order valence-electron chi connectivity index (χ4n) is 17.5.